The molecule has 0 heterocycles. The van der Waals surface area contributed by atoms with Crippen LogP contribution >= 0.6 is 39.9 Å². The fraction of sp³-hybridized carbons (Fsp3) is 0.533. The molecule has 0 aliphatic heterocycles. The molecule has 0 aromatic heterocycles. The molecule has 118 valence electrons. The lowest BCUT2D eigenvalue weighted by Gasteiger charge is -2.10. The first kappa shape index (κ1) is 18.7. The molecular formula is C15H22BrFIN3. The Labute approximate surface area is 151 Å². The Balaban J connectivity index is 0.00000220. The van der Waals surface area contributed by atoms with Gasteiger partial charge in [0.25, 0.3) is 0 Å². The van der Waals surface area contributed by atoms with Crippen LogP contribution in [-0.2, 0) is 6.42 Å². The summed E-state index contributed by atoms with van der Waals surface area (Å²) in [7, 11) is 0. The van der Waals surface area contributed by atoms with Crippen LogP contribution < -0.4 is 10.6 Å². The predicted molar refractivity (Wildman–Crippen MR) is 99.9 cm³/mol. The average molecular weight is 470 g/mol. The van der Waals surface area contributed by atoms with Crippen LogP contribution in [0.3, 0.4) is 0 Å². The van der Waals surface area contributed by atoms with E-state index in [-0.39, 0.29) is 29.8 Å². The molecule has 21 heavy (non-hydrogen) atoms. The van der Waals surface area contributed by atoms with Crippen LogP contribution in [0.5, 0.6) is 0 Å². The summed E-state index contributed by atoms with van der Waals surface area (Å²) in [6, 6.07) is 5.67. The van der Waals surface area contributed by atoms with Gasteiger partial charge in [-0.3, -0.25) is 4.99 Å². The Morgan fingerprint density at radius 2 is 2.19 bits per heavy atom. The molecule has 2 rings (SSSR count). The van der Waals surface area contributed by atoms with Gasteiger partial charge in [-0.25, -0.2) is 4.39 Å². The highest BCUT2D eigenvalue weighted by atomic mass is 127. The summed E-state index contributed by atoms with van der Waals surface area (Å²) < 4.78 is 13.7. The van der Waals surface area contributed by atoms with E-state index in [1.807, 2.05) is 6.07 Å². The van der Waals surface area contributed by atoms with E-state index in [1.165, 1.54) is 12.5 Å². The topological polar surface area (TPSA) is 36.4 Å². The molecule has 1 aliphatic rings. The van der Waals surface area contributed by atoms with E-state index in [9.17, 15) is 4.39 Å². The maximum atomic E-state index is 13.1. The second-order valence-corrected chi connectivity index (χ2v) is 6.08. The van der Waals surface area contributed by atoms with Gasteiger partial charge in [0.2, 0.25) is 0 Å². The first-order chi connectivity index (χ1) is 9.60. The summed E-state index contributed by atoms with van der Waals surface area (Å²) >= 11 is 3.20. The minimum atomic E-state index is -0.227. The summed E-state index contributed by atoms with van der Waals surface area (Å²) in [6.45, 7) is 5.84. The zero-order valence-electron chi connectivity index (χ0n) is 12.3. The number of hydrogen-bond acceptors (Lipinski definition) is 1. The lowest BCUT2D eigenvalue weighted by atomic mass is 10.1. The molecule has 1 saturated carbocycles. The van der Waals surface area contributed by atoms with Crippen molar-refractivity contribution in [3.63, 3.8) is 0 Å². The molecule has 0 radical (unpaired) electrons. The zero-order chi connectivity index (χ0) is 14.5. The van der Waals surface area contributed by atoms with Gasteiger partial charge in [0.15, 0.2) is 5.96 Å². The standard InChI is InChI=1S/C15H21BrFN3.HI/c1-3-18-15(20-14-8-10(14)2)19-7-6-11-4-5-13(17)12(16)9-11;/h4-5,9-10,14H,3,6-8H2,1-2H3,(H2,18,19,20);1H. The van der Waals surface area contributed by atoms with E-state index in [0.717, 1.165) is 30.4 Å². The maximum absolute atomic E-state index is 13.1. The normalized spacial score (nSPS) is 20.7. The van der Waals surface area contributed by atoms with Crippen molar-refractivity contribution in [2.75, 3.05) is 13.1 Å². The quantitative estimate of drug-likeness (QED) is 0.391. The third-order valence-electron chi connectivity index (χ3n) is 3.43. The van der Waals surface area contributed by atoms with E-state index in [1.54, 1.807) is 6.07 Å². The number of guanidine groups is 1. The lowest BCUT2D eigenvalue weighted by Crippen LogP contribution is -2.39. The van der Waals surface area contributed by atoms with Gasteiger partial charge >= 0.3 is 0 Å². The van der Waals surface area contributed by atoms with Crippen molar-refractivity contribution in [2.45, 2.75) is 32.7 Å². The van der Waals surface area contributed by atoms with Crippen molar-refractivity contribution in [1.29, 1.82) is 0 Å². The molecule has 1 aromatic rings. The molecule has 1 fully saturated rings. The molecule has 0 saturated heterocycles. The van der Waals surface area contributed by atoms with Gasteiger partial charge in [-0.05, 0) is 59.3 Å². The van der Waals surface area contributed by atoms with Crippen molar-refractivity contribution < 1.29 is 4.39 Å². The molecule has 3 nitrogen and oxygen atoms in total. The SMILES string of the molecule is CCNC(=NCCc1ccc(F)c(Br)c1)NC1CC1C.I. The molecule has 2 atom stereocenters. The van der Waals surface area contributed by atoms with Crippen LogP contribution in [0, 0.1) is 11.7 Å². The van der Waals surface area contributed by atoms with Crippen LogP contribution in [0.1, 0.15) is 25.8 Å². The molecule has 0 bridgehead atoms. The lowest BCUT2D eigenvalue weighted by molar-refractivity contribution is 0.620. The molecule has 6 heteroatoms. The number of halogens is 3. The van der Waals surface area contributed by atoms with Gasteiger partial charge in [0.05, 0.1) is 4.47 Å². The highest BCUT2D eigenvalue weighted by Gasteiger charge is 2.33. The minimum Gasteiger partial charge on any atom is -0.357 e. The highest BCUT2D eigenvalue weighted by molar-refractivity contribution is 14.0. The zero-order valence-corrected chi connectivity index (χ0v) is 16.2. The predicted octanol–water partition coefficient (Wildman–Crippen LogP) is 3.71. The second-order valence-electron chi connectivity index (χ2n) is 5.22. The van der Waals surface area contributed by atoms with E-state index in [4.69, 9.17) is 0 Å². The van der Waals surface area contributed by atoms with Gasteiger partial charge in [-0.1, -0.05) is 13.0 Å². The minimum absolute atomic E-state index is 0. The van der Waals surface area contributed by atoms with Crippen molar-refractivity contribution >= 4 is 45.9 Å². The van der Waals surface area contributed by atoms with Crippen LogP contribution in [0.15, 0.2) is 27.7 Å². The Hall–Kier alpha value is -0.370. The van der Waals surface area contributed by atoms with Gasteiger partial charge in [-0.2, -0.15) is 0 Å². The largest absolute Gasteiger partial charge is 0.357 e. The molecule has 2 N–H and O–H groups in total. The van der Waals surface area contributed by atoms with E-state index in [0.29, 0.717) is 17.1 Å². The molecule has 0 amide bonds. The third kappa shape index (κ3) is 6.10. The van der Waals surface area contributed by atoms with Crippen molar-refractivity contribution in [3.8, 4) is 0 Å². The van der Waals surface area contributed by atoms with Gasteiger partial charge in [-0.15, -0.1) is 24.0 Å². The average Bonchev–Trinajstić information content (AvgIpc) is 3.09. The number of benzene rings is 1. The van der Waals surface area contributed by atoms with Crippen molar-refractivity contribution in [2.24, 2.45) is 10.9 Å². The Morgan fingerprint density at radius 3 is 2.76 bits per heavy atom. The third-order valence-corrected chi connectivity index (χ3v) is 4.04. The van der Waals surface area contributed by atoms with E-state index < -0.39 is 0 Å². The highest BCUT2D eigenvalue weighted by Crippen LogP contribution is 2.28. The van der Waals surface area contributed by atoms with Crippen LogP contribution in [-0.4, -0.2) is 25.1 Å². The van der Waals surface area contributed by atoms with Crippen molar-refractivity contribution in [3.05, 3.63) is 34.1 Å². The fourth-order valence-corrected chi connectivity index (χ4v) is 2.44. The van der Waals surface area contributed by atoms with Gasteiger partial charge in [0.1, 0.15) is 5.82 Å². The molecule has 1 aromatic carbocycles. The Morgan fingerprint density at radius 1 is 1.48 bits per heavy atom. The number of aliphatic imine (C=N–C) groups is 1. The van der Waals surface area contributed by atoms with Gasteiger partial charge < -0.3 is 10.6 Å². The van der Waals surface area contributed by atoms with Crippen LogP contribution in [0.2, 0.25) is 0 Å². The monoisotopic (exact) mass is 469 g/mol. The summed E-state index contributed by atoms with van der Waals surface area (Å²) in [4.78, 5) is 4.56. The molecule has 0 spiro atoms. The molecule has 2 unspecified atom stereocenters. The summed E-state index contributed by atoms with van der Waals surface area (Å²) in [5.41, 5.74) is 1.08. The number of nitrogens with zero attached hydrogens (tertiary/aromatic N) is 1. The van der Waals surface area contributed by atoms with Crippen LogP contribution in [0.4, 0.5) is 4.39 Å². The first-order valence-corrected chi connectivity index (χ1v) is 7.88. The Bertz CT molecular complexity index is 496. The number of hydrogen-bond donors (Lipinski definition) is 2. The second kappa shape index (κ2) is 8.92. The maximum Gasteiger partial charge on any atom is 0.191 e. The van der Waals surface area contributed by atoms with Crippen LogP contribution in [0.25, 0.3) is 0 Å². The Kier molecular flexibility index (Phi) is 7.94. The van der Waals surface area contributed by atoms with E-state index >= 15 is 0 Å². The molecular weight excluding hydrogens is 448 g/mol. The summed E-state index contributed by atoms with van der Waals surface area (Å²) in [5, 5.41) is 6.67. The summed E-state index contributed by atoms with van der Waals surface area (Å²) in [6.07, 6.45) is 2.02. The number of nitrogens with one attached hydrogen (secondary N) is 2. The fourth-order valence-electron chi connectivity index (χ4n) is 2.01. The summed E-state index contributed by atoms with van der Waals surface area (Å²) in [5.74, 6) is 1.39. The van der Waals surface area contributed by atoms with Crippen molar-refractivity contribution in [1.82, 2.24) is 10.6 Å². The molecule has 1 aliphatic carbocycles. The first-order valence-electron chi connectivity index (χ1n) is 7.09. The van der Waals surface area contributed by atoms with Gasteiger partial charge in [0, 0.05) is 19.1 Å². The van der Waals surface area contributed by atoms with E-state index in [2.05, 4.69) is 45.4 Å². The smallest absolute Gasteiger partial charge is 0.191 e. The number of rotatable bonds is 5.